The van der Waals surface area contributed by atoms with Gasteiger partial charge in [-0.05, 0) is 26.9 Å². The van der Waals surface area contributed by atoms with Crippen molar-refractivity contribution in [1.82, 2.24) is 4.90 Å². The topological polar surface area (TPSA) is 105 Å². The van der Waals surface area contributed by atoms with E-state index in [1.165, 1.54) is 64.2 Å². The molecule has 3 unspecified atom stereocenters. The van der Waals surface area contributed by atoms with Gasteiger partial charge in [-0.15, -0.1) is 0 Å². The van der Waals surface area contributed by atoms with E-state index in [0.29, 0.717) is 6.54 Å². The highest BCUT2D eigenvalue weighted by Gasteiger charge is 2.24. The van der Waals surface area contributed by atoms with E-state index in [-0.39, 0.29) is 13.2 Å². The molecule has 0 rings (SSSR count). The van der Waals surface area contributed by atoms with Crippen LogP contribution in [-0.2, 0) is 13.6 Å². The van der Waals surface area contributed by atoms with E-state index < -0.39 is 20.0 Å². The zero-order valence-corrected chi connectivity index (χ0v) is 20.4. The molecule has 8 heteroatoms. The molecular weight excluding hydrogens is 403 g/mol. The second-order valence-electron chi connectivity index (χ2n) is 8.31. The van der Waals surface area contributed by atoms with Crippen LogP contribution in [0.3, 0.4) is 0 Å². The number of aliphatic hydroxyl groups is 1. The van der Waals surface area contributed by atoms with Crippen molar-refractivity contribution in [1.29, 1.82) is 0 Å². The van der Waals surface area contributed by atoms with Gasteiger partial charge >= 0.3 is 7.82 Å². The first kappa shape index (κ1) is 29.7. The third kappa shape index (κ3) is 19.7. The number of hydrogen-bond donors (Lipinski definition) is 3. The Balaban J connectivity index is 3.68. The smallest absolute Gasteiger partial charge is 0.387 e. The molecule has 30 heavy (non-hydrogen) atoms. The van der Waals surface area contributed by atoms with Gasteiger partial charge in [0.15, 0.2) is 0 Å². The number of phosphoric acid groups is 1. The Labute approximate surface area is 184 Å². The fourth-order valence-electron chi connectivity index (χ4n) is 2.96. The Morgan fingerprint density at radius 3 is 2.03 bits per heavy atom. The van der Waals surface area contributed by atoms with E-state index in [4.69, 9.17) is 14.8 Å². The minimum atomic E-state index is -4.14. The van der Waals surface area contributed by atoms with Gasteiger partial charge < -0.3 is 20.6 Å². The summed E-state index contributed by atoms with van der Waals surface area (Å²) in [6, 6.07) is -0.781. The Kier molecular flexibility index (Phi) is 19.2. The first-order valence-corrected chi connectivity index (χ1v) is 13.1. The summed E-state index contributed by atoms with van der Waals surface area (Å²) in [6.07, 6.45) is 17.9. The molecule has 0 radical (unpaired) electrons. The van der Waals surface area contributed by atoms with Gasteiger partial charge in [0.1, 0.15) is 0 Å². The van der Waals surface area contributed by atoms with Crippen LogP contribution in [0.25, 0.3) is 0 Å². The van der Waals surface area contributed by atoms with Crippen molar-refractivity contribution < 1.29 is 23.6 Å². The number of nitrogens with two attached hydrogens (primary N) is 1. The number of phosphoric ester groups is 1. The zero-order chi connectivity index (χ0) is 22.7. The molecule has 3 atom stereocenters. The molecule has 0 saturated heterocycles. The van der Waals surface area contributed by atoms with Crippen molar-refractivity contribution in [2.45, 2.75) is 96.1 Å². The van der Waals surface area contributed by atoms with Crippen molar-refractivity contribution in [3.8, 4) is 0 Å². The molecule has 0 bridgehead atoms. The summed E-state index contributed by atoms with van der Waals surface area (Å²) in [5.74, 6) is 0. The normalized spacial score (nSPS) is 16.2. The van der Waals surface area contributed by atoms with E-state index in [1.54, 1.807) is 6.08 Å². The van der Waals surface area contributed by atoms with Crippen LogP contribution in [-0.4, -0.2) is 60.9 Å². The van der Waals surface area contributed by atoms with Gasteiger partial charge in [0.05, 0.1) is 25.4 Å². The molecule has 0 fully saturated rings. The molecule has 0 aromatic carbocycles. The maximum absolute atomic E-state index is 11.7. The summed E-state index contributed by atoms with van der Waals surface area (Å²) in [4.78, 5) is 11.4. The van der Waals surface area contributed by atoms with Crippen LogP contribution in [0.2, 0.25) is 0 Å². The number of allylic oxidation sites excluding steroid dienone is 1. The largest absolute Gasteiger partial charge is 0.472 e. The van der Waals surface area contributed by atoms with E-state index in [9.17, 15) is 14.6 Å². The van der Waals surface area contributed by atoms with Crippen LogP contribution in [0.1, 0.15) is 84.0 Å². The summed E-state index contributed by atoms with van der Waals surface area (Å²) < 4.78 is 21.5. The summed E-state index contributed by atoms with van der Waals surface area (Å²) in [5.41, 5.74) is 5.83. The number of unbranched alkanes of at least 4 members (excludes halogenated alkanes) is 11. The van der Waals surface area contributed by atoms with E-state index in [0.717, 1.165) is 12.8 Å². The summed E-state index contributed by atoms with van der Waals surface area (Å²) >= 11 is 0. The van der Waals surface area contributed by atoms with Crippen molar-refractivity contribution in [3.63, 3.8) is 0 Å². The molecule has 0 saturated carbocycles. The van der Waals surface area contributed by atoms with Crippen molar-refractivity contribution >= 4 is 7.82 Å². The van der Waals surface area contributed by atoms with Crippen molar-refractivity contribution in [2.24, 2.45) is 5.73 Å². The number of hydrogen-bond acceptors (Lipinski definition) is 6. The lowest BCUT2D eigenvalue weighted by molar-refractivity contribution is 0.107. The van der Waals surface area contributed by atoms with Gasteiger partial charge in [0.25, 0.3) is 0 Å². The Hall–Kier alpha value is -0.270. The molecule has 4 N–H and O–H groups in total. The van der Waals surface area contributed by atoms with Crippen LogP contribution >= 0.6 is 7.82 Å². The van der Waals surface area contributed by atoms with Gasteiger partial charge in [-0.25, -0.2) is 4.57 Å². The highest BCUT2D eigenvalue weighted by molar-refractivity contribution is 7.47. The number of nitrogens with zero attached hydrogens (tertiary/aromatic N) is 1. The number of aliphatic hydroxyl groups excluding tert-OH is 1. The van der Waals surface area contributed by atoms with Crippen LogP contribution < -0.4 is 5.73 Å². The molecule has 180 valence electrons. The molecule has 0 spiro atoms. The minimum absolute atomic E-state index is 0.0808. The average Bonchev–Trinajstić information content (AvgIpc) is 2.69. The van der Waals surface area contributed by atoms with Gasteiger partial charge in [-0.3, -0.25) is 9.05 Å². The zero-order valence-electron chi connectivity index (χ0n) is 19.5. The van der Waals surface area contributed by atoms with Crippen LogP contribution in [0.4, 0.5) is 0 Å². The molecule has 0 aromatic heterocycles. The van der Waals surface area contributed by atoms with Gasteiger partial charge in [0, 0.05) is 6.54 Å². The monoisotopic (exact) mass is 450 g/mol. The lowest BCUT2D eigenvalue weighted by Crippen LogP contribution is -2.37. The Bertz CT molecular complexity index is 463. The van der Waals surface area contributed by atoms with E-state index in [1.807, 2.05) is 25.1 Å². The third-order valence-electron chi connectivity index (χ3n) is 4.97. The Morgan fingerprint density at radius 1 is 0.967 bits per heavy atom. The first-order valence-electron chi connectivity index (χ1n) is 11.7. The van der Waals surface area contributed by atoms with Crippen LogP contribution in [0, 0.1) is 0 Å². The SMILES string of the molecule is CCCCCCCCCCCCC/C=C/C(O)C(N)COP(=O)(O)OCCN(C)C. The van der Waals surface area contributed by atoms with Gasteiger partial charge in [0.2, 0.25) is 0 Å². The standard InChI is InChI=1S/C22H47N2O5P/c1-4-5-6-7-8-9-10-11-12-13-14-15-16-17-22(25)21(23)20-29-30(26,27)28-19-18-24(2)3/h16-17,21-22,25H,4-15,18-20,23H2,1-3H3,(H,26,27)/b17-16+. The predicted octanol–water partition coefficient (Wildman–Crippen LogP) is 4.63. The number of likely N-dealkylation sites (N-methyl/N-ethyl adjacent to an activating group) is 1. The molecule has 0 aliphatic rings. The second-order valence-corrected chi connectivity index (χ2v) is 9.76. The maximum atomic E-state index is 11.7. The molecule has 0 aliphatic heterocycles. The molecule has 7 nitrogen and oxygen atoms in total. The molecule has 0 heterocycles. The predicted molar refractivity (Wildman–Crippen MR) is 124 cm³/mol. The highest BCUT2D eigenvalue weighted by Crippen LogP contribution is 2.43. The molecule has 0 amide bonds. The first-order chi connectivity index (χ1) is 14.3. The minimum Gasteiger partial charge on any atom is -0.387 e. The number of rotatable bonds is 21. The fraction of sp³-hybridized carbons (Fsp3) is 0.909. The maximum Gasteiger partial charge on any atom is 0.472 e. The third-order valence-corrected chi connectivity index (χ3v) is 5.95. The average molecular weight is 451 g/mol. The summed E-state index contributed by atoms with van der Waals surface area (Å²) in [6.45, 7) is 2.58. The van der Waals surface area contributed by atoms with E-state index in [2.05, 4.69) is 6.92 Å². The molecule has 0 aliphatic carbocycles. The van der Waals surface area contributed by atoms with Crippen LogP contribution in [0.5, 0.6) is 0 Å². The van der Waals surface area contributed by atoms with E-state index >= 15 is 0 Å². The quantitative estimate of drug-likeness (QED) is 0.133. The van der Waals surface area contributed by atoms with Crippen molar-refractivity contribution in [2.75, 3.05) is 33.9 Å². The Morgan fingerprint density at radius 2 is 1.50 bits per heavy atom. The van der Waals surface area contributed by atoms with Crippen molar-refractivity contribution in [3.05, 3.63) is 12.2 Å². The fourth-order valence-corrected chi connectivity index (χ4v) is 3.71. The van der Waals surface area contributed by atoms with Gasteiger partial charge in [-0.1, -0.05) is 83.3 Å². The van der Waals surface area contributed by atoms with Crippen LogP contribution in [0.15, 0.2) is 12.2 Å². The lowest BCUT2D eigenvalue weighted by Gasteiger charge is -2.18. The molecular formula is C22H47N2O5P. The lowest BCUT2D eigenvalue weighted by atomic mass is 10.0. The summed E-state index contributed by atoms with van der Waals surface area (Å²) in [7, 11) is -0.474. The molecule has 0 aromatic rings. The van der Waals surface area contributed by atoms with Gasteiger partial charge in [-0.2, -0.15) is 0 Å². The second kappa shape index (κ2) is 19.4. The summed E-state index contributed by atoms with van der Waals surface area (Å²) in [5, 5.41) is 10.0. The highest BCUT2D eigenvalue weighted by atomic mass is 31.2.